The van der Waals surface area contributed by atoms with Crippen LogP contribution in [0.5, 0.6) is 0 Å². The molecule has 1 aliphatic heterocycles. The molecule has 1 nitrogen and oxygen atoms in total. The van der Waals surface area contributed by atoms with E-state index >= 15 is 0 Å². The predicted octanol–water partition coefficient (Wildman–Crippen LogP) is 2.63. The van der Waals surface area contributed by atoms with Crippen LogP contribution in [0.15, 0.2) is 0 Å². The first kappa shape index (κ1) is 12.0. The summed E-state index contributed by atoms with van der Waals surface area (Å²) in [7, 11) is 0. The van der Waals surface area contributed by atoms with Crippen LogP contribution in [0.4, 0.5) is 22.0 Å². The lowest BCUT2D eigenvalue weighted by molar-refractivity contribution is -0.237. The lowest BCUT2D eigenvalue weighted by Gasteiger charge is -2.20. The Hall–Kier alpha value is -0.0400. The van der Waals surface area contributed by atoms with E-state index in [2.05, 4.69) is 5.32 Å². The number of nitrogens with one attached hydrogen (secondary N) is 1. The van der Waals surface area contributed by atoms with Gasteiger partial charge in [-0.3, -0.25) is 0 Å². The van der Waals surface area contributed by atoms with Crippen molar-refractivity contribution in [2.24, 2.45) is 0 Å². The molecule has 1 N–H and O–H groups in total. The molecule has 1 heterocycles. The summed E-state index contributed by atoms with van der Waals surface area (Å²) in [6, 6.07) is -0.215. The average Bonchev–Trinajstić information content (AvgIpc) is 2.50. The highest BCUT2D eigenvalue weighted by atomic mass is 32.2. The van der Waals surface area contributed by atoms with Gasteiger partial charge in [-0.2, -0.15) is 22.0 Å². The van der Waals surface area contributed by atoms with E-state index in [1.165, 1.54) is 0 Å². The molecule has 84 valence electrons. The van der Waals surface area contributed by atoms with E-state index in [1.54, 1.807) is 0 Å². The van der Waals surface area contributed by atoms with Crippen LogP contribution >= 0.6 is 11.8 Å². The fraction of sp³-hybridized carbons (Fsp3) is 1.00. The second kappa shape index (κ2) is 4.22. The molecule has 0 aromatic heterocycles. The highest BCUT2D eigenvalue weighted by Gasteiger charge is 2.58. The van der Waals surface area contributed by atoms with Gasteiger partial charge in [0.2, 0.25) is 0 Å². The maximum Gasteiger partial charge on any atom is 0.464 e. The Morgan fingerprint density at radius 3 is 2.29 bits per heavy atom. The normalized spacial score (nSPS) is 24.2. The first-order chi connectivity index (χ1) is 6.33. The number of hydrogen-bond donors (Lipinski definition) is 1. The third-order valence-corrected chi connectivity index (χ3v) is 3.12. The highest BCUT2D eigenvalue weighted by Crippen LogP contribution is 2.44. The second-order valence-electron chi connectivity index (χ2n) is 3.12. The van der Waals surface area contributed by atoms with Crippen molar-refractivity contribution < 1.29 is 22.0 Å². The van der Waals surface area contributed by atoms with E-state index in [0.29, 0.717) is 13.0 Å². The van der Waals surface area contributed by atoms with Crippen LogP contribution in [0.25, 0.3) is 0 Å². The third kappa shape index (κ3) is 2.98. The summed E-state index contributed by atoms with van der Waals surface area (Å²) >= 11 is -0.338. The monoisotopic (exact) mass is 235 g/mol. The molecular weight excluding hydrogens is 225 g/mol. The van der Waals surface area contributed by atoms with Crippen LogP contribution in [-0.4, -0.2) is 29.8 Å². The van der Waals surface area contributed by atoms with E-state index in [4.69, 9.17) is 0 Å². The van der Waals surface area contributed by atoms with Crippen LogP contribution in [0.2, 0.25) is 0 Å². The van der Waals surface area contributed by atoms with Gasteiger partial charge in [0.05, 0.1) is 0 Å². The number of alkyl halides is 5. The largest absolute Gasteiger partial charge is 0.464 e. The average molecular weight is 235 g/mol. The zero-order valence-electron chi connectivity index (χ0n) is 7.20. The van der Waals surface area contributed by atoms with Crippen molar-refractivity contribution in [2.75, 3.05) is 12.3 Å². The molecule has 0 aromatic rings. The lowest BCUT2D eigenvalue weighted by atomic mass is 10.3. The second-order valence-corrected chi connectivity index (χ2v) is 4.25. The van der Waals surface area contributed by atoms with Crippen LogP contribution in [-0.2, 0) is 0 Å². The number of rotatable bonds is 3. The molecule has 1 saturated heterocycles. The van der Waals surface area contributed by atoms with E-state index in [0.717, 1.165) is 6.42 Å². The van der Waals surface area contributed by atoms with Crippen LogP contribution in [0.1, 0.15) is 12.8 Å². The van der Waals surface area contributed by atoms with E-state index < -0.39 is 11.4 Å². The van der Waals surface area contributed by atoms with Crippen molar-refractivity contribution in [1.82, 2.24) is 5.32 Å². The minimum atomic E-state index is -5.45. The van der Waals surface area contributed by atoms with Crippen LogP contribution in [0.3, 0.4) is 0 Å². The number of halogens is 5. The maximum absolute atomic E-state index is 12.4. The van der Waals surface area contributed by atoms with Gasteiger partial charge >= 0.3 is 11.4 Å². The number of thioether (sulfide) groups is 1. The summed E-state index contributed by atoms with van der Waals surface area (Å²) in [4.78, 5) is 0. The molecule has 0 bridgehead atoms. The molecule has 1 atom stereocenters. The summed E-state index contributed by atoms with van der Waals surface area (Å²) < 4.78 is 59.9. The van der Waals surface area contributed by atoms with E-state index in [9.17, 15) is 22.0 Å². The quantitative estimate of drug-likeness (QED) is 0.755. The molecule has 0 saturated carbocycles. The zero-order chi connectivity index (χ0) is 10.8. The van der Waals surface area contributed by atoms with Gasteiger partial charge < -0.3 is 5.32 Å². The Labute approximate surface area is 82.4 Å². The standard InChI is InChI=1S/C7H10F5NS/c8-6(9,10)7(11,12)14-4-5-2-1-3-13-5/h5,13H,1-4H2/t5-/m0/s1. The lowest BCUT2D eigenvalue weighted by Crippen LogP contribution is -2.35. The molecule has 7 heteroatoms. The highest BCUT2D eigenvalue weighted by molar-refractivity contribution is 8.00. The fourth-order valence-corrected chi connectivity index (χ4v) is 2.04. The van der Waals surface area contributed by atoms with Crippen LogP contribution in [0, 0.1) is 0 Å². The molecule has 0 spiro atoms. The minimum Gasteiger partial charge on any atom is -0.313 e. The Balaban J connectivity index is 2.35. The molecular formula is C7H10F5NS. The maximum atomic E-state index is 12.4. The number of hydrogen-bond acceptors (Lipinski definition) is 2. The molecule has 1 fully saturated rings. The van der Waals surface area contributed by atoms with E-state index in [-0.39, 0.29) is 23.6 Å². The van der Waals surface area contributed by atoms with Gasteiger partial charge in [-0.15, -0.1) is 0 Å². The van der Waals surface area contributed by atoms with Crippen molar-refractivity contribution in [3.8, 4) is 0 Å². The fourth-order valence-electron chi connectivity index (χ4n) is 1.19. The Bertz CT molecular complexity index is 187. The molecule has 1 rings (SSSR count). The summed E-state index contributed by atoms with van der Waals surface area (Å²) in [6.07, 6.45) is -3.94. The molecule has 14 heavy (non-hydrogen) atoms. The molecule has 0 aromatic carbocycles. The first-order valence-corrected chi connectivity index (χ1v) is 5.13. The van der Waals surface area contributed by atoms with Crippen molar-refractivity contribution in [1.29, 1.82) is 0 Å². The van der Waals surface area contributed by atoms with Gasteiger partial charge in [0.1, 0.15) is 0 Å². The van der Waals surface area contributed by atoms with Gasteiger partial charge in [0.25, 0.3) is 0 Å². The smallest absolute Gasteiger partial charge is 0.313 e. The third-order valence-electron chi connectivity index (χ3n) is 1.96. The summed E-state index contributed by atoms with van der Waals surface area (Å²) in [5.74, 6) is -0.202. The Kier molecular flexibility index (Phi) is 3.63. The van der Waals surface area contributed by atoms with Gasteiger partial charge in [-0.25, -0.2) is 0 Å². The SMILES string of the molecule is FC(F)(F)C(F)(F)SC[C@@H]1CCCN1. The zero-order valence-corrected chi connectivity index (χ0v) is 8.02. The first-order valence-electron chi connectivity index (χ1n) is 4.15. The van der Waals surface area contributed by atoms with Crippen molar-refractivity contribution in [3.63, 3.8) is 0 Å². The Morgan fingerprint density at radius 2 is 1.86 bits per heavy atom. The van der Waals surface area contributed by atoms with Crippen molar-refractivity contribution >= 4 is 11.8 Å². The predicted molar refractivity (Wildman–Crippen MR) is 44.5 cm³/mol. The minimum absolute atomic E-state index is 0.202. The van der Waals surface area contributed by atoms with Crippen molar-refractivity contribution in [3.05, 3.63) is 0 Å². The molecule has 0 amide bonds. The van der Waals surface area contributed by atoms with Crippen LogP contribution < -0.4 is 5.32 Å². The van der Waals surface area contributed by atoms with Gasteiger partial charge in [0.15, 0.2) is 0 Å². The van der Waals surface area contributed by atoms with Gasteiger partial charge in [0, 0.05) is 11.8 Å². The topological polar surface area (TPSA) is 12.0 Å². The molecule has 0 radical (unpaired) electrons. The molecule has 0 unspecified atom stereocenters. The Morgan fingerprint density at radius 1 is 1.21 bits per heavy atom. The van der Waals surface area contributed by atoms with Gasteiger partial charge in [-0.1, -0.05) is 11.8 Å². The summed E-state index contributed by atoms with van der Waals surface area (Å²) in [5.41, 5.74) is 0. The summed E-state index contributed by atoms with van der Waals surface area (Å²) in [6.45, 7) is 0.697. The molecule has 1 aliphatic rings. The van der Waals surface area contributed by atoms with E-state index in [1.807, 2.05) is 0 Å². The molecule has 0 aliphatic carbocycles. The summed E-state index contributed by atoms with van der Waals surface area (Å²) in [5, 5.41) is -1.77. The van der Waals surface area contributed by atoms with Crippen molar-refractivity contribution in [2.45, 2.75) is 30.3 Å². The van der Waals surface area contributed by atoms with Gasteiger partial charge in [-0.05, 0) is 19.4 Å².